The topological polar surface area (TPSA) is 60.9 Å². The minimum absolute atomic E-state index is 0.0161. The molecule has 1 saturated heterocycles. The third-order valence-electron chi connectivity index (χ3n) is 3.32. The van der Waals surface area contributed by atoms with E-state index in [1.807, 2.05) is 19.0 Å². The molecule has 0 amide bonds. The normalized spacial score (nSPS) is 21.1. The van der Waals surface area contributed by atoms with Crippen molar-refractivity contribution in [2.75, 3.05) is 27.2 Å². The number of hydrogen-bond donors (Lipinski definition) is 1. The van der Waals surface area contributed by atoms with Crippen molar-refractivity contribution in [2.24, 2.45) is 0 Å². The first-order valence-corrected chi connectivity index (χ1v) is 7.81. The molecular formula is C13H20N2O3S. The van der Waals surface area contributed by atoms with E-state index in [1.165, 1.54) is 18.2 Å². The second kappa shape index (κ2) is 5.48. The number of phenols is 1. The van der Waals surface area contributed by atoms with Gasteiger partial charge in [-0.25, -0.2) is 8.42 Å². The first-order valence-electron chi connectivity index (χ1n) is 6.37. The summed E-state index contributed by atoms with van der Waals surface area (Å²) in [5.74, 6) is -0.0237. The summed E-state index contributed by atoms with van der Waals surface area (Å²) in [4.78, 5) is 2.17. The van der Waals surface area contributed by atoms with E-state index >= 15 is 0 Å². The van der Waals surface area contributed by atoms with Gasteiger partial charge < -0.3 is 10.0 Å². The molecule has 1 N–H and O–H groups in total. The molecule has 1 aromatic rings. The Labute approximate surface area is 114 Å². The van der Waals surface area contributed by atoms with E-state index in [4.69, 9.17) is 0 Å². The molecule has 0 bridgehead atoms. The van der Waals surface area contributed by atoms with Crippen molar-refractivity contribution in [3.63, 3.8) is 0 Å². The molecule has 1 aliphatic rings. The van der Waals surface area contributed by atoms with E-state index in [9.17, 15) is 13.5 Å². The lowest BCUT2D eigenvalue weighted by atomic mass is 10.2. The predicted octanol–water partition coefficient (Wildman–Crippen LogP) is 1.11. The van der Waals surface area contributed by atoms with E-state index in [-0.39, 0.29) is 16.7 Å². The number of nitrogens with zero attached hydrogens (tertiary/aromatic N) is 2. The molecule has 0 radical (unpaired) electrons. The summed E-state index contributed by atoms with van der Waals surface area (Å²) >= 11 is 0. The Bertz CT molecular complexity index is 543. The van der Waals surface area contributed by atoms with Crippen LogP contribution in [0.1, 0.15) is 12.8 Å². The zero-order chi connectivity index (χ0) is 14.0. The van der Waals surface area contributed by atoms with Crippen molar-refractivity contribution in [1.29, 1.82) is 0 Å². The molecule has 0 aliphatic carbocycles. The minimum Gasteiger partial charge on any atom is -0.508 e. The van der Waals surface area contributed by atoms with Crippen LogP contribution in [0.5, 0.6) is 5.75 Å². The average Bonchev–Trinajstić information content (AvgIpc) is 2.77. The highest BCUT2D eigenvalue weighted by Gasteiger charge is 2.35. The summed E-state index contributed by atoms with van der Waals surface area (Å²) in [5.41, 5.74) is 0. The van der Waals surface area contributed by atoms with Gasteiger partial charge in [0.05, 0.1) is 4.90 Å². The lowest BCUT2D eigenvalue weighted by Gasteiger charge is -2.26. The lowest BCUT2D eigenvalue weighted by molar-refractivity contribution is 0.291. The van der Waals surface area contributed by atoms with Crippen LogP contribution in [0.25, 0.3) is 0 Å². The molecule has 1 heterocycles. The van der Waals surface area contributed by atoms with Crippen molar-refractivity contribution in [2.45, 2.75) is 23.8 Å². The third-order valence-corrected chi connectivity index (χ3v) is 5.27. The van der Waals surface area contributed by atoms with Crippen LogP contribution in [0.15, 0.2) is 29.2 Å². The van der Waals surface area contributed by atoms with E-state index in [2.05, 4.69) is 0 Å². The number of aromatic hydroxyl groups is 1. The molecule has 106 valence electrons. The van der Waals surface area contributed by atoms with Crippen LogP contribution in [0.4, 0.5) is 0 Å². The van der Waals surface area contributed by atoms with E-state index in [0.29, 0.717) is 6.54 Å². The van der Waals surface area contributed by atoms with Crippen molar-refractivity contribution < 1.29 is 13.5 Å². The molecule has 0 saturated carbocycles. The summed E-state index contributed by atoms with van der Waals surface area (Å²) in [5, 5.41) is 9.44. The Morgan fingerprint density at radius 3 is 2.79 bits per heavy atom. The van der Waals surface area contributed by atoms with E-state index in [0.717, 1.165) is 19.4 Å². The van der Waals surface area contributed by atoms with Crippen LogP contribution in [0.2, 0.25) is 0 Å². The minimum atomic E-state index is -3.51. The lowest BCUT2D eigenvalue weighted by Crippen LogP contribution is -2.41. The number of rotatable bonds is 4. The SMILES string of the molecule is CN(C)CC1CCCN1S(=O)(=O)c1cccc(O)c1. The quantitative estimate of drug-likeness (QED) is 0.899. The number of benzene rings is 1. The van der Waals surface area contributed by atoms with Gasteiger partial charge in [0.2, 0.25) is 10.0 Å². The van der Waals surface area contributed by atoms with Crippen molar-refractivity contribution in [3.05, 3.63) is 24.3 Å². The molecule has 0 spiro atoms. The van der Waals surface area contributed by atoms with Gasteiger partial charge in [0.25, 0.3) is 0 Å². The highest BCUT2D eigenvalue weighted by molar-refractivity contribution is 7.89. The number of phenolic OH excluding ortho intramolecular Hbond substituents is 1. The van der Waals surface area contributed by atoms with Gasteiger partial charge in [-0.1, -0.05) is 6.07 Å². The Morgan fingerprint density at radius 1 is 1.42 bits per heavy atom. The number of sulfonamides is 1. The largest absolute Gasteiger partial charge is 0.508 e. The van der Waals surface area contributed by atoms with Gasteiger partial charge in [-0.15, -0.1) is 0 Å². The summed E-state index contributed by atoms with van der Waals surface area (Å²) in [6.07, 6.45) is 1.77. The van der Waals surface area contributed by atoms with Crippen molar-refractivity contribution in [3.8, 4) is 5.75 Å². The fourth-order valence-electron chi connectivity index (χ4n) is 2.51. The fraction of sp³-hybridized carbons (Fsp3) is 0.538. The molecule has 1 unspecified atom stereocenters. The summed E-state index contributed by atoms with van der Waals surface area (Å²) in [7, 11) is 0.375. The van der Waals surface area contributed by atoms with Crippen LogP contribution in [0.3, 0.4) is 0 Å². The Kier molecular flexibility index (Phi) is 4.13. The molecule has 2 rings (SSSR count). The van der Waals surface area contributed by atoms with Gasteiger partial charge in [0.15, 0.2) is 0 Å². The van der Waals surface area contributed by atoms with Crippen LogP contribution in [-0.4, -0.2) is 56.0 Å². The fourth-order valence-corrected chi connectivity index (χ4v) is 4.23. The van der Waals surface area contributed by atoms with Gasteiger partial charge in [-0.2, -0.15) is 4.31 Å². The van der Waals surface area contributed by atoms with Crippen LogP contribution >= 0.6 is 0 Å². The second-order valence-corrected chi connectivity index (χ2v) is 7.06. The predicted molar refractivity (Wildman–Crippen MR) is 73.6 cm³/mol. The second-order valence-electron chi connectivity index (χ2n) is 5.17. The number of hydrogen-bond acceptors (Lipinski definition) is 4. The van der Waals surface area contributed by atoms with Crippen LogP contribution in [-0.2, 0) is 10.0 Å². The zero-order valence-electron chi connectivity index (χ0n) is 11.3. The van der Waals surface area contributed by atoms with Crippen LogP contribution < -0.4 is 0 Å². The van der Waals surface area contributed by atoms with Crippen LogP contribution in [0, 0.1) is 0 Å². The smallest absolute Gasteiger partial charge is 0.243 e. The molecular weight excluding hydrogens is 264 g/mol. The zero-order valence-corrected chi connectivity index (χ0v) is 12.1. The average molecular weight is 284 g/mol. The standard InChI is InChI=1S/C13H20N2O3S/c1-14(2)10-11-5-4-8-15(11)19(17,18)13-7-3-6-12(16)9-13/h3,6-7,9,11,16H,4-5,8,10H2,1-2H3. The molecule has 1 aromatic carbocycles. The van der Waals surface area contributed by atoms with Gasteiger partial charge in [-0.05, 0) is 45.1 Å². The summed E-state index contributed by atoms with van der Waals surface area (Å²) in [6.45, 7) is 1.27. The molecule has 1 aliphatic heterocycles. The Hall–Kier alpha value is -1.11. The van der Waals surface area contributed by atoms with E-state index in [1.54, 1.807) is 10.4 Å². The maximum Gasteiger partial charge on any atom is 0.243 e. The third kappa shape index (κ3) is 3.08. The highest BCUT2D eigenvalue weighted by atomic mass is 32.2. The summed E-state index contributed by atoms with van der Waals surface area (Å²) < 4.78 is 26.7. The van der Waals surface area contributed by atoms with Gasteiger partial charge in [0.1, 0.15) is 5.75 Å². The highest BCUT2D eigenvalue weighted by Crippen LogP contribution is 2.27. The van der Waals surface area contributed by atoms with Gasteiger partial charge in [0, 0.05) is 19.1 Å². The molecule has 6 heteroatoms. The van der Waals surface area contributed by atoms with E-state index < -0.39 is 10.0 Å². The Balaban J connectivity index is 2.28. The first-order chi connectivity index (χ1) is 8.91. The first kappa shape index (κ1) is 14.3. The maximum atomic E-state index is 12.6. The van der Waals surface area contributed by atoms with Crippen molar-refractivity contribution >= 4 is 10.0 Å². The molecule has 19 heavy (non-hydrogen) atoms. The Morgan fingerprint density at radius 2 is 2.16 bits per heavy atom. The van der Waals surface area contributed by atoms with Crippen molar-refractivity contribution in [1.82, 2.24) is 9.21 Å². The molecule has 0 aromatic heterocycles. The molecule has 1 fully saturated rings. The van der Waals surface area contributed by atoms with Gasteiger partial charge in [-0.3, -0.25) is 0 Å². The molecule has 5 nitrogen and oxygen atoms in total. The number of likely N-dealkylation sites (N-methyl/N-ethyl adjacent to an activating group) is 1. The van der Waals surface area contributed by atoms with Gasteiger partial charge >= 0.3 is 0 Å². The monoisotopic (exact) mass is 284 g/mol. The summed E-state index contributed by atoms with van der Waals surface area (Å²) in [6, 6.07) is 5.88. The maximum absolute atomic E-state index is 12.6. The molecule has 1 atom stereocenters.